The first-order valence-corrected chi connectivity index (χ1v) is 5.41. The molecule has 82 valence electrons. The zero-order valence-corrected chi connectivity index (χ0v) is 9.94. The van der Waals surface area contributed by atoms with Gasteiger partial charge in [-0.1, -0.05) is 18.2 Å². The van der Waals surface area contributed by atoms with Gasteiger partial charge < -0.3 is 4.90 Å². The Hall–Kier alpha value is -1.83. The number of para-hydroxylation sites is 1. The van der Waals surface area contributed by atoms with Crippen LogP contribution in [0.4, 0.5) is 11.5 Å². The second kappa shape index (κ2) is 4.35. The standard InChI is InChI=1S/C14H16N2/c1-11-9-12(2)15-14(10-11)16(3)13-7-5-4-6-8-13/h4-10H,1-3H3. The van der Waals surface area contributed by atoms with Gasteiger partial charge in [0.2, 0.25) is 0 Å². The number of anilines is 2. The Bertz CT molecular complexity index is 457. The third kappa shape index (κ3) is 2.22. The highest BCUT2D eigenvalue weighted by Gasteiger charge is 2.05. The first-order chi connectivity index (χ1) is 7.66. The fraction of sp³-hybridized carbons (Fsp3) is 0.214. The van der Waals surface area contributed by atoms with Crippen molar-refractivity contribution in [2.45, 2.75) is 13.8 Å². The maximum Gasteiger partial charge on any atom is 0.133 e. The van der Waals surface area contributed by atoms with Crippen molar-refractivity contribution in [2.75, 3.05) is 11.9 Å². The molecule has 2 nitrogen and oxygen atoms in total. The molecule has 0 radical (unpaired) electrons. The molecule has 0 bridgehead atoms. The number of aromatic nitrogens is 1. The average molecular weight is 212 g/mol. The molecule has 0 saturated carbocycles. The van der Waals surface area contributed by atoms with Crippen LogP contribution in [0.1, 0.15) is 11.3 Å². The van der Waals surface area contributed by atoms with Gasteiger partial charge in [0.25, 0.3) is 0 Å². The van der Waals surface area contributed by atoms with Crippen LogP contribution in [-0.2, 0) is 0 Å². The number of hydrogen-bond acceptors (Lipinski definition) is 2. The zero-order chi connectivity index (χ0) is 11.5. The van der Waals surface area contributed by atoms with Gasteiger partial charge in [-0.25, -0.2) is 4.98 Å². The summed E-state index contributed by atoms with van der Waals surface area (Å²) >= 11 is 0. The summed E-state index contributed by atoms with van der Waals surface area (Å²) in [7, 11) is 2.04. The largest absolute Gasteiger partial charge is 0.329 e. The van der Waals surface area contributed by atoms with E-state index in [4.69, 9.17) is 0 Å². The van der Waals surface area contributed by atoms with Crippen LogP contribution in [0, 0.1) is 13.8 Å². The molecule has 2 rings (SSSR count). The van der Waals surface area contributed by atoms with Crippen LogP contribution in [0.25, 0.3) is 0 Å². The Labute approximate surface area is 96.6 Å². The van der Waals surface area contributed by atoms with Crippen LogP contribution in [0.15, 0.2) is 42.5 Å². The Morgan fingerprint density at radius 3 is 2.31 bits per heavy atom. The summed E-state index contributed by atoms with van der Waals surface area (Å²) in [6, 6.07) is 14.4. The van der Waals surface area contributed by atoms with Gasteiger partial charge in [-0.2, -0.15) is 0 Å². The molecule has 0 spiro atoms. The first kappa shape index (κ1) is 10.7. The van der Waals surface area contributed by atoms with E-state index in [0.717, 1.165) is 17.2 Å². The topological polar surface area (TPSA) is 16.1 Å². The third-order valence-electron chi connectivity index (χ3n) is 2.57. The fourth-order valence-electron chi connectivity index (χ4n) is 1.78. The second-order valence-corrected chi connectivity index (χ2v) is 4.04. The molecule has 0 saturated heterocycles. The third-order valence-corrected chi connectivity index (χ3v) is 2.57. The maximum atomic E-state index is 4.54. The van der Waals surface area contributed by atoms with Crippen molar-refractivity contribution in [3.05, 3.63) is 53.7 Å². The molecule has 0 aliphatic rings. The smallest absolute Gasteiger partial charge is 0.133 e. The molecule has 1 heterocycles. The van der Waals surface area contributed by atoms with Gasteiger partial charge in [-0.15, -0.1) is 0 Å². The van der Waals surface area contributed by atoms with Gasteiger partial charge in [0.05, 0.1) is 0 Å². The normalized spacial score (nSPS) is 10.2. The van der Waals surface area contributed by atoms with Gasteiger partial charge in [0.1, 0.15) is 5.82 Å². The Morgan fingerprint density at radius 2 is 1.69 bits per heavy atom. The molecule has 0 aliphatic heterocycles. The van der Waals surface area contributed by atoms with E-state index in [9.17, 15) is 0 Å². The van der Waals surface area contributed by atoms with Gasteiger partial charge in [-0.05, 0) is 43.7 Å². The SMILES string of the molecule is Cc1cc(C)nc(N(C)c2ccccc2)c1. The molecule has 0 atom stereocenters. The lowest BCUT2D eigenvalue weighted by Gasteiger charge is -2.19. The quantitative estimate of drug-likeness (QED) is 0.757. The second-order valence-electron chi connectivity index (χ2n) is 4.04. The molecule has 16 heavy (non-hydrogen) atoms. The molecule has 0 fully saturated rings. The van der Waals surface area contributed by atoms with E-state index in [1.807, 2.05) is 32.2 Å². The lowest BCUT2D eigenvalue weighted by Crippen LogP contribution is -2.11. The lowest BCUT2D eigenvalue weighted by molar-refractivity contribution is 1.08. The van der Waals surface area contributed by atoms with E-state index < -0.39 is 0 Å². The van der Waals surface area contributed by atoms with E-state index in [0.29, 0.717) is 0 Å². The average Bonchev–Trinajstić information content (AvgIpc) is 2.28. The fourth-order valence-corrected chi connectivity index (χ4v) is 1.78. The summed E-state index contributed by atoms with van der Waals surface area (Å²) in [6.45, 7) is 4.12. The van der Waals surface area contributed by atoms with Gasteiger partial charge in [0.15, 0.2) is 0 Å². The first-order valence-electron chi connectivity index (χ1n) is 5.41. The molecule has 0 aliphatic carbocycles. The number of hydrogen-bond donors (Lipinski definition) is 0. The van der Waals surface area contributed by atoms with Crippen molar-refractivity contribution in [3.63, 3.8) is 0 Å². The number of aryl methyl sites for hydroxylation is 2. The van der Waals surface area contributed by atoms with Crippen molar-refractivity contribution >= 4 is 11.5 Å². The maximum absolute atomic E-state index is 4.54. The summed E-state index contributed by atoms with van der Waals surface area (Å²) in [5, 5.41) is 0. The molecule has 0 N–H and O–H groups in total. The number of nitrogens with zero attached hydrogens (tertiary/aromatic N) is 2. The molecular formula is C14H16N2. The minimum atomic E-state index is 0.990. The van der Waals surface area contributed by atoms with E-state index in [1.54, 1.807) is 0 Å². The van der Waals surface area contributed by atoms with Crippen molar-refractivity contribution < 1.29 is 0 Å². The predicted octanol–water partition coefficient (Wildman–Crippen LogP) is 3.47. The molecule has 0 unspecified atom stereocenters. The monoisotopic (exact) mass is 212 g/mol. The summed E-state index contributed by atoms with van der Waals surface area (Å²) in [4.78, 5) is 6.63. The van der Waals surface area contributed by atoms with Crippen LogP contribution >= 0.6 is 0 Å². The Morgan fingerprint density at radius 1 is 1.00 bits per heavy atom. The number of benzene rings is 1. The van der Waals surface area contributed by atoms with Crippen LogP contribution in [-0.4, -0.2) is 12.0 Å². The van der Waals surface area contributed by atoms with Crippen LogP contribution in [0.5, 0.6) is 0 Å². The predicted molar refractivity (Wildman–Crippen MR) is 68.2 cm³/mol. The van der Waals surface area contributed by atoms with Crippen molar-refractivity contribution in [1.82, 2.24) is 4.98 Å². The van der Waals surface area contributed by atoms with Crippen molar-refractivity contribution in [1.29, 1.82) is 0 Å². The summed E-state index contributed by atoms with van der Waals surface area (Å²) < 4.78 is 0. The van der Waals surface area contributed by atoms with Crippen LogP contribution < -0.4 is 4.90 Å². The lowest BCUT2D eigenvalue weighted by atomic mass is 10.2. The Kier molecular flexibility index (Phi) is 2.91. The summed E-state index contributed by atoms with van der Waals surface area (Å²) in [5.74, 6) is 0.990. The van der Waals surface area contributed by atoms with E-state index in [2.05, 4.69) is 41.1 Å². The molecular weight excluding hydrogens is 196 g/mol. The van der Waals surface area contributed by atoms with Crippen molar-refractivity contribution in [3.8, 4) is 0 Å². The van der Waals surface area contributed by atoms with Crippen LogP contribution in [0.3, 0.4) is 0 Å². The zero-order valence-electron chi connectivity index (χ0n) is 9.94. The Balaban J connectivity index is 2.37. The highest BCUT2D eigenvalue weighted by Crippen LogP contribution is 2.22. The number of pyridine rings is 1. The van der Waals surface area contributed by atoms with E-state index in [1.165, 1.54) is 5.56 Å². The molecule has 1 aromatic heterocycles. The minimum Gasteiger partial charge on any atom is -0.329 e. The van der Waals surface area contributed by atoms with E-state index in [-0.39, 0.29) is 0 Å². The summed E-state index contributed by atoms with van der Waals surface area (Å²) in [5.41, 5.74) is 3.45. The van der Waals surface area contributed by atoms with Gasteiger partial charge >= 0.3 is 0 Å². The molecule has 2 aromatic rings. The van der Waals surface area contributed by atoms with Crippen molar-refractivity contribution in [2.24, 2.45) is 0 Å². The minimum absolute atomic E-state index is 0.990. The van der Waals surface area contributed by atoms with E-state index >= 15 is 0 Å². The molecule has 0 amide bonds. The number of rotatable bonds is 2. The van der Waals surface area contributed by atoms with Gasteiger partial charge in [-0.3, -0.25) is 0 Å². The van der Waals surface area contributed by atoms with Crippen LogP contribution in [0.2, 0.25) is 0 Å². The highest BCUT2D eigenvalue weighted by molar-refractivity contribution is 5.59. The van der Waals surface area contributed by atoms with Gasteiger partial charge in [0, 0.05) is 18.4 Å². The highest BCUT2D eigenvalue weighted by atomic mass is 15.2. The molecule has 1 aromatic carbocycles. The summed E-state index contributed by atoms with van der Waals surface area (Å²) in [6.07, 6.45) is 0. The molecule has 2 heteroatoms.